The Bertz CT molecular complexity index is 412. The molecule has 2 aliphatic carbocycles. The van der Waals surface area contributed by atoms with Gasteiger partial charge in [0.2, 0.25) is 0 Å². The van der Waals surface area contributed by atoms with Crippen LogP contribution in [0.15, 0.2) is 24.3 Å². The van der Waals surface area contributed by atoms with Crippen LogP contribution in [0.3, 0.4) is 0 Å². The third kappa shape index (κ3) is 2.93. The van der Waals surface area contributed by atoms with Gasteiger partial charge in [0, 0.05) is 6.04 Å². The normalized spacial score (nSPS) is 29.2. The quantitative estimate of drug-likeness (QED) is 0.783. The topological polar surface area (TPSA) is 12.0 Å². The van der Waals surface area contributed by atoms with Crippen LogP contribution < -0.4 is 5.32 Å². The van der Waals surface area contributed by atoms with Crippen molar-refractivity contribution in [2.45, 2.75) is 58.4 Å². The number of benzene rings is 1. The van der Waals surface area contributed by atoms with Gasteiger partial charge >= 0.3 is 0 Å². The first-order valence-corrected chi connectivity index (χ1v) is 8.64. The third-order valence-electron chi connectivity index (χ3n) is 5.48. The number of nitrogens with one attached hydrogen (secondary N) is 1. The van der Waals surface area contributed by atoms with Gasteiger partial charge in [-0.1, -0.05) is 44.5 Å². The second kappa shape index (κ2) is 6.30. The predicted octanol–water partition coefficient (Wildman–Crippen LogP) is 4.21. The molecule has 1 nitrogen and oxygen atoms in total. The van der Waals surface area contributed by atoms with E-state index in [9.17, 15) is 0 Å². The molecule has 0 heterocycles. The van der Waals surface area contributed by atoms with Crippen molar-refractivity contribution < 1.29 is 0 Å². The second-order valence-corrected chi connectivity index (χ2v) is 6.77. The van der Waals surface area contributed by atoms with Gasteiger partial charge in [0.15, 0.2) is 0 Å². The van der Waals surface area contributed by atoms with E-state index in [2.05, 4.69) is 43.4 Å². The third-order valence-corrected chi connectivity index (χ3v) is 5.48. The monoisotopic (exact) mass is 271 g/mol. The van der Waals surface area contributed by atoms with E-state index in [1.54, 1.807) is 0 Å². The van der Waals surface area contributed by atoms with Gasteiger partial charge in [-0.05, 0) is 67.5 Å². The lowest BCUT2D eigenvalue weighted by Gasteiger charge is -2.21. The molecule has 0 amide bonds. The Morgan fingerprint density at radius 2 is 1.70 bits per heavy atom. The lowest BCUT2D eigenvalue weighted by Crippen LogP contribution is -2.35. The molecule has 0 saturated heterocycles. The largest absolute Gasteiger partial charge is 0.313 e. The minimum absolute atomic E-state index is 0.720. The molecule has 0 spiro atoms. The highest BCUT2D eigenvalue weighted by Crippen LogP contribution is 2.59. The summed E-state index contributed by atoms with van der Waals surface area (Å²) < 4.78 is 0. The van der Waals surface area contributed by atoms with Crippen molar-refractivity contribution in [2.24, 2.45) is 17.8 Å². The Morgan fingerprint density at radius 3 is 2.30 bits per heavy atom. The van der Waals surface area contributed by atoms with Crippen molar-refractivity contribution in [3.8, 4) is 0 Å². The fourth-order valence-electron chi connectivity index (χ4n) is 4.31. The minimum Gasteiger partial charge on any atom is -0.313 e. The van der Waals surface area contributed by atoms with Crippen molar-refractivity contribution in [1.29, 1.82) is 0 Å². The Morgan fingerprint density at radius 1 is 1.05 bits per heavy atom. The van der Waals surface area contributed by atoms with Gasteiger partial charge in [0.05, 0.1) is 0 Å². The van der Waals surface area contributed by atoms with Crippen molar-refractivity contribution in [3.05, 3.63) is 35.4 Å². The van der Waals surface area contributed by atoms with Crippen molar-refractivity contribution in [1.82, 2.24) is 5.32 Å². The van der Waals surface area contributed by atoms with Crippen LogP contribution >= 0.6 is 0 Å². The standard InChI is InChI=1S/C19H29N/c1-3-12-20-18(19-16-6-5-7-17(16)19)13-15-10-8-14(4-2)9-11-15/h8-11,16-20H,3-7,12-13H2,1-2H3. The Kier molecular flexibility index (Phi) is 4.45. The summed E-state index contributed by atoms with van der Waals surface area (Å²) in [6.45, 7) is 5.67. The van der Waals surface area contributed by atoms with Crippen molar-refractivity contribution >= 4 is 0 Å². The van der Waals surface area contributed by atoms with E-state index in [-0.39, 0.29) is 0 Å². The SMILES string of the molecule is CCCNC(Cc1ccc(CC)cc1)C1C2CCCC21. The number of hydrogen-bond donors (Lipinski definition) is 1. The van der Waals surface area contributed by atoms with Gasteiger partial charge < -0.3 is 5.32 Å². The van der Waals surface area contributed by atoms with Crippen LogP contribution in [0.4, 0.5) is 0 Å². The molecule has 1 N–H and O–H groups in total. The molecule has 0 aromatic heterocycles. The highest BCUT2D eigenvalue weighted by molar-refractivity contribution is 5.24. The first-order chi connectivity index (χ1) is 9.83. The van der Waals surface area contributed by atoms with Crippen LogP contribution in [0.25, 0.3) is 0 Å². The molecule has 0 bridgehead atoms. The molecule has 2 saturated carbocycles. The van der Waals surface area contributed by atoms with Crippen LogP contribution in [0.5, 0.6) is 0 Å². The zero-order valence-electron chi connectivity index (χ0n) is 13.1. The molecule has 2 fully saturated rings. The molecular formula is C19H29N. The van der Waals surface area contributed by atoms with Crippen molar-refractivity contribution in [3.63, 3.8) is 0 Å². The van der Waals surface area contributed by atoms with Gasteiger partial charge in [-0.15, -0.1) is 0 Å². The zero-order chi connectivity index (χ0) is 13.9. The summed E-state index contributed by atoms with van der Waals surface area (Å²) in [6.07, 6.45) is 8.08. The zero-order valence-corrected chi connectivity index (χ0v) is 13.1. The predicted molar refractivity (Wildman–Crippen MR) is 85.9 cm³/mol. The van der Waals surface area contributed by atoms with E-state index in [0.717, 1.165) is 30.2 Å². The molecule has 1 aromatic carbocycles. The minimum atomic E-state index is 0.720. The van der Waals surface area contributed by atoms with Gasteiger partial charge in [0.1, 0.15) is 0 Å². The summed E-state index contributed by atoms with van der Waals surface area (Å²) >= 11 is 0. The molecule has 110 valence electrons. The molecule has 20 heavy (non-hydrogen) atoms. The number of hydrogen-bond acceptors (Lipinski definition) is 1. The first-order valence-electron chi connectivity index (χ1n) is 8.64. The van der Waals surface area contributed by atoms with Crippen molar-refractivity contribution in [2.75, 3.05) is 6.54 Å². The molecule has 1 aromatic rings. The number of rotatable bonds is 7. The van der Waals surface area contributed by atoms with Crippen LogP contribution in [0, 0.1) is 17.8 Å². The molecule has 0 aliphatic heterocycles. The molecule has 3 unspecified atom stereocenters. The number of aryl methyl sites for hydroxylation is 1. The molecule has 0 radical (unpaired) electrons. The maximum Gasteiger partial charge on any atom is 0.0141 e. The van der Waals surface area contributed by atoms with E-state index < -0.39 is 0 Å². The Labute approximate surface area is 124 Å². The first kappa shape index (κ1) is 14.1. The molecule has 1 heteroatoms. The van der Waals surface area contributed by atoms with Gasteiger partial charge in [-0.3, -0.25) is 0 Å². The van der Waals surface area contributed by atoms with Gasteiger partial charge in [-0.2, -0.15) is 0 Å². The fourth-order valence-corrected chi connectivity index (χ4v) is 4.31. The summed E-state index contributed by atoms with van der Waals surface area (Å²) in [7, 11) is 0. The molecule has 3 atom stereocenters. The van der Waals surface area contributed by atoms with E-state index in [1.165, 1.54) is 49.8 Å². The molecular weight excluding hydrogens is 242 g/mol. The van der Waals surface area contributed by atoms with Crippen LogP contribution in [0.1, 0.15) is 50.7 Å². The van der Waals surface area contributed by atoms with Crippen LogP contribution in [-0.2, 0) is 12.8 Å². The lowest BCUT2D eigenvalue weighted by atomic mass is 9.96. The van der Waals surface area contributed by atoms with Gasteiger partial charge in [0.25, 0.3) is 0 Å². The molecule has 3 rings (SSSR count). The summed E-state index contributed by atoms with van der Waals surface area (Å²) in [5.74, 6) is 3.08. The highest BCUT2D eigenvalue weighted by Gasteiger charge is 2.55. The summed E-state index contributed by atoms with van der Waals surface area (Å²) in [5.41, 5.74) is 2.97. The maximum atomic E-state index is 3.84. The maximum absolute atomic E-state index is 3.84. The average Bonchev–Trinajstić information content (AvgIpc) is 2.96. The van der Waals surface area contributed by atoms with Crippen LogP contribution in [-0.4, -0.2) is 12.6 Å². The summed E-state index contributed by atoms with van der Waals surface area (Å²) in [6, 6.07) is 10.0. The highest BCUT2D eigenvalue weighted by atomic mass is 14.9. The second-order valence-electron chi connectivity index (χ2n) is 6.77. The lowest BCUT2D eigenvalue weighted by molar-refractivity contribution is 0.403. The van der Waals surface area contributed by atoms with Crippen LogP contribution in [0.2, 0.25) is 0 Å². The smallest absolute Gasteiger partial charge is 0.0141 e. The Balaban J connectivity index is 1.63. The molecule has 2 aliphatic rings. The Hall–Kier alpha value is -0.820. The van der Waals surface area contributed by atoms with E-state index in [4.69, 9.17) is 0 Å². The summed E-state index contributed by atoms with van der Waals surface area (Å²) in [5, 5.41) is 3.84. The summed E-state index contributed by atoms with van der Waals surface area (Å²) in [4.78, 5) is 0. The van der Waals surface area contributed by atoms with E-state index >= 15 is 0 Å². The van der Waals surface area contributed by atoms with E-state index in [1.807, 2.05) is 0 Å². The van der Waals surface area contributed by atoms with E-state index in [0.29, 0.717) is 0 Å². The number of fused-ring (bicyclic) bond motifs is 1. The van der Waals surface area contributed by atoms with Gasteiger partial charge in [-0.25, -0.2) is 0 Å². The average molecular weight is 271 g/mol. The fraction of sp³-hybridized carbons (Fsp3) is 0.684.